The van der Waals surface area contributed by atoms with Gasteiger partial charge in [-0.1, -0.05) is 6.92 Å². The molecule has 1 aromatic heterocycles. The van der Waals surface area contributed by atoms with Crippen molar-refractivity contribution >= 4 is 10.0 Å². The average molecular weight is 254 g/mol. The number of nitrogens with one attached hydrogen (secondary N) is 1. The molecule has 17 heavy (non-hydrogen) atoms. The van der Waals surface area contributed by atoms with Crippen LogP contribution in [0, 0.1) is 18.3 Å². The second-order valence-corrected chi connectivity index (χ2v) is 5.44. The quantitative estimate of drug-likeness (QED) is 0.825. The van der Waals surface area contributed by atoms with Crippen molar-refractivity contribution in [2.24, 2.45) is 0 Å². The van der Waals surface area contributed by atoms with Gasteiger partial charge in [-0.05, 0) is 19.4 Å². The molecule has 1 rings (SSSR count). The van der Waals surface area contributed by atoms with Gasteiger partial charge in [-0.2, -0.15) is 5.26 Å². The first-order valence-electron chi connectivity index (χ1n) is 5.16. The summed E-state index contributed by atoms with van der Waals surface area (Å²) in [6.45, 7) is 3.45. The minimum atomic E-state index is -3.61. The van der Waals surface area contributed by atoms with E-state index in [2.05, 4.69) is 14.7 Å². The minimum Gasteiger partial charge on any atom is -0.242 e. The van der Waals surface area contributed by atoms with E-state index >= 15 is 0 Å². The molecule has 0 amide bonds. The maximum absolute atomic E-state index is 11.7. The topological polar surface area (TPSA) is 95.7 Å². The summed E-state index contributed by atoms with van der Waals surface area (Å²) in [7, 11) is -3.61. The van der Waals surface area contributed by atoms with Crippen LogP contribution in [0.1, 0.15) is 24.9 Å². The van der Waals surface area contributed by atoms with Gasteiger partial charge in [-0.15, -0.1) is 0 Å². The Balaban J connectivity index is 2.71. The zero-order valence-corrected chi connectivity index (χ0v) is 10.5. The van der Waals surface area contributed by atoms with Crippen molar-refractivity contribution in [3.05, 3.63) is 23.8 Å². The molecule has 1 atom stereocenters. The zero-order chi connectivity index (χ0) is 12.9. The first kappa shape index (κ1) is 13.5. The van der Waals surface area contributed by atoms with Crippen LogP contribution in [-0.2, 0) is 16.6 Å². The molecular weight excluding hydrogens is 240 g/mol. The van der Waals surface area contributed by atoms with Crippen LogP contribution in [-0.4, -0.2) is 23.6 Å². The summed E-state index contributed by atoms with van der Waals surface area (Å²) in [4.78, 5) is 7.98. The van der Waals surface area contributed by atoms with Crippen LogP contribution in [0.3, 0.4) is 0 Å². The van der Waals surface area contributed by atoms with Crippen LogP contribution in [0.25, 0.3) is 0 Å². The fourth-order valence-electron chi connectivity index (χ4n) is 1.26. The van der Waals surface area contributed by atoms with E-state index in [1.165, 1.54) is 0 Å². The second kappa shape index (κ2) is 5.70. The molecule has 0 saturated heterocycles. The van der Waals surface area contributed by atoms with Gasteiger partial charge in [0.15, 0.2) is 5.25 Å². The van der Waals surface area contributed by atoms with Gasteiger partial charge in [0, 0.05) is 6.20 Å². The molecule has 0 spiro atoms. The SMILES string of the molecule is CCC(C#N)S(=O)(=O)NCc1ccnc(C)n1. The predicted octanol–water partition coefficient (Wildman–Crippen LogP) is 0.507. The molecule has 1 N–H and O–H groups in total. The Morgan fingerprint density at radius 3 is 2.82 bits per heavy atom. The third-order valence-electron chi connectivity index (χ3n) is 2.18. The highest BCUT2D eigenvalue weighted by molar-refractivity contribution is 7.90. The van der Waals surface area contributed by atoms with E-state index in [0.717, 1.165) is 0 Å². The smallest absolute Gasteiger partial charge is 0.228 e. The first-order valence-corrected chi connectivity index (χ1v) is 6.71. The van der Waals surface area contributed by atoms with Crippen molar-refractivity contribution in [1.82, 2.24) is 14.7 Å². The van der Waals surface area contributed by atoms with E-state index in [1.54, 1.807) is 32.2 Å². The largest absolute Gasteiger partial charge is 0.242 e. The van der Waals surface area contributed by atoms with Crippen molar-refractivity contribution < 1.29 is 8.42 Å². The maximum atomic E-state index is 11.7. The molecule has 0 aliphatic heterocycles. The molecule has 7 heteroatoms. The lowest BCUT2D eigenvalue weighted by Gasteiger charge is -2.09. The van der Waals surface area contributed by atoms with E-state index in [-0.39, 0.29) is 13.0 Å². The molecule has 0 saturated carbocycles. The Morgan fingerprint density at radius 1 is 1.59 bits per heavy atom. The number of aromatic nitrogens is 2. The first-order chi connectivity index (χ1) is 7.99. The van der Waals surface area contributed by atoms with Crippen molar-refractivity contribution in [3.63, 3.8) is 0 Å². The Labute approximate surface area is 101 Å². The van der Waals surface area contributed by atoms with Crippen LogP contribution in [0.15, 0.2) is 12.3 Å². The summed E-state index contributed by atoms with van der Waals surface area (Å²) in [5, 5.41) is 7.69. The highest BCUT2D eigenvalue weighted by Crippen LogP contribution is 2.04. The lowest BCUT2D eigenvalue weighted by Crippen LogP contribution is -2.33. The van der Waals surface area contributed by atoms with Gasteiger partial charge >= 0.3 is 0 Å². The van der Waals surface area contributed by atoms with Gasteiger partial charge in [0.2, 0.25) is 10.0 Å². The summed E-state index contributed by atoms with van der Waals surface area (Å²) >= 11 is 0. The predicted molar refractivity (Wildman–Crippen MR) is 62.2 cm³/mol. The molecule has 92 valence electrons. The standard InChI is InChI=1S/C10H14N4O2S/c1-3-10(6-11)17(15,16)13-7-9-4-5-12-8(2)14-9/h4-5,10,13H,3,7H2,1-2H3. The Bertz CT molecular complexity index is 521. The number of hydrogen-bond acceptors (Lipinski definition) is 5. The lowest BCUT2D eigenvalue weighted by molar-refractivity contribution is 0.571. The number of hydrogen-bond donors (Lipinski definition) is 1. The molecule has 0 aromatic carbocycles. The Hall–Kier alpha value is -1.52. The van der Waals surface area contributed by atoms with Gasteiger partial charge in [0.25, 0.3) is 0 Å². The molecule has 0 fully saturated rings. The molecule has 0 aliphatic rings. The highest BCUT2D eigenvalue weighted by Gasteiger charge is 2.22. The van der Waals surface area contributed by atoms with Gasteiger partial charge in [0.1, 0.15) is 5.82 Å². The monoisotopic (exact) mass is 254 g/mol. The summed E-state index contributed by atoms with van der Waals surface area (Å²) in [6, 6.07) is 3.38. The number of aryl methyl sites for hydroxylation is 1. The van der Waals surface area contributed by atoms with E-state index in [1.807, 2.05) is 0 Å². The Morgan fingerprint density at radius 2 is 2.29 bits per heavy atom. The number of rotatable bonds is 5. The van der Waals surface area contributed by atoms with Gasteiger partial charge in [-0.25, -0.2) is 23.1 Å². The molecule has 0 bridgehead atoms. The number of sulfonamides is 1. The molecular formula is C10H14N4O2S. The molecule has 1 unspecified atom stereocenters. The summed E-state index contributed by atoms with van der Waals surface area (Å²) in [6.07, 6.45) is 1.82. The van der Waals surface area contributed by atoms with Crippen LogP contribution in [0.4, 0.5) is 0 Å². The normalized spacial score (nSPS) is 13.0. The summed E-state index contributed by atoms with van der Waals surface area (Å²) < 4.78 is 25.7. The van der Waals surface area contributed by atoms with Gasteiger partial charge in [0.05, 0.1) is 18.3 Å². The van der Waals surface area contributed by atoms with E-state index in [0.29, 0.717) is 11.5 Å². The fourth-order valence-corrected chi connectivity index (χ4v) is 2.39. The molecule has 1 heterocycles. The van der Waals surface area contributed by atoms with Crippen LogP contribution in [0.5, 0.6) is 0 Å². The van der Waals surface area contributed by atoms with E-state index < -0.39 is 15.3 Å². The molecule has 6 nitrogen and oxygen atoms in total. The number of nitrogens with zero attached hydrogens (tertiary/aromatic N) is 3. The molecule has 0 radical (unpaired) electrons. The van der Waals surface area contributed by atoms with E-state index in [9.17, 15) is 8.42 Å². The highest BCUT2D eigenvalue weighted by atomic mass is 32.2. The third kappa shape index (κ3) is 3.76. The summed E-state index contributed by atoms with van der Waals surface area (Å²) in [5.74, 6) is 0.578. The van der Waals surface area contributed by atoms with Crippen molar-refractivity contribution in [2.45, 2.75) is 32.1 Å². The van der Waals surface area contributed by atoms with E-state index in [4.69, 9.17) is 5.26 Å². The van der Waals surface area contributed by atoms with Crippen molar-refractivity contribution in [3.8, 4) is 6.07 Å². The minimum absolute atomic E-state index is 0.0733. The fraction of sp³-hybridized carbons (Fsp3) is 0.500. The zero-order valence-electron chi connectivity index (χ0n) is 9.71. The summed E-state index contributed by atoms with van der Waals surface area (Å²) in [5.41, 5.74) is 0.578. The van der Waals surface area contributed by atoms with Gasteiger partial charge < -0.3 is 0 Å². The lowest BCUT2D eigenvalue weighted by atomic mass is 10.4. The van der Waals surface area contributed by atoms with Crippen molar-refractivity contribution in [2.75, 3.05) is 0 Å². The molecule has 1 aromatic rings. The van der Waals surface area contributed by atoms with Gasteiger partial charge in [-0.3, -0.25) is 0 Å². The molecule has 0 aliphatic carbocycles. The average Bonchev–Trinajstić information content (AvgIpc) is 2.28. The third-order valence-corrected chi connectivity index (χ3v) is 3.91. The van der Waals surface area contributed by atoms with Crippen LogP contribution in [0.2, 0.25) is 0 Å². The van der Waals surface area contributed by atoms with Crippen LogP contribution < -0.4 is 4.72 Å². The number of nitriles is 1. The Kier molecular flexibility index (Phi) is 4.54. The van der Waals surface area contributed by atoms with Crippen LogP contribution >= 0.6 is 0 Å². The van der Waals surface area contributed by atoms with Crippen molar-refractivity contribution in [1.29, 1.82) is 5.26 Å². The second-order valence-electron chi connectivity index (χ2n) is 3.49. The maximum Gasteiger partial charge on any atom is 0.228 e.